The molecule has 0 radical (unpaired) electrons. The Morgan fingerprint density at radius 1 is 0.962 bits per heavy atom. The number of nitrogens with zero attached hydrogens (tertiary/aromatic N) is 1. The van der Waals surface area contributed by atoms with Gasteiger partial charge in [0.2, 0.25) is 0 Å². The van der Waals surface area contributed by atoms with Crippen molar-refractivity contribution in [1.29, 1.82) is 0 Å². The third kappa shape index (κ3) is 4.58. The monoisotopic (exact) mass is 364 g/mol. The number of aryl methyl sites for hydroxylation is 1. The van der Waals surface area contributed by atoms with Crippen LogP contribution in [0.3, 0.4) is 0 Å². The maximum Gasteiger partial charge on any atom is 0.261 e. The van der Waals surface area contributed by atoms with Gasteiger partial charge >= 0.3 is 0 Å². The average Bonchev–Trinajstić information content (AvgIpc) is 2.67. The minimum absolute atomic E-state index is 0.254. The van der Waals surface area contributed by atoms with Crippen molar-refractivity contribution in [1.82, 2.24) is 4.98 Å². The summed E-state index contributed by atoms with van der Waals surface area (Å²) in [5.41, 5.74) is 3.35. The van der Waals surface area contributed by atoms with Crippen molar-refractivity contribution in [2.75, 3.05) is 4.72 Å². The van der Waals surface area contributed by atoms with Gasteiger partial charge < -0.3 is 0 Å². The summed E-state index contributed by atoms with van der Waals surface area (Å²) in [6.45, 7) is 2.03. The van der Waals surface area contributed by atoms with E-state index < -0.39 is 10.0 Å². The second-order valence-electron chi connectivity index (χ2n) is 5.82. The van der Waals surface area contributed by atoms with Gasteiger partial charge in [-0.05, 0) is 60.0 Å². The molecule has 0 saturated carbocycles. The molecule has 1 heterocycles. The zero-order valence-electron chi connectivity index (χ0n) is 14.5. The van der Waals surface area contributed by atoms with E-state index >= 15 is 0 Å². The Labute approximate surface area is 154 Å². The highest BCUT2D eigenvalue weighted by molar-refractivity contribution is 7.92. The number of benzene rings is 2. The summed E-state index contributed by atoms with van der Waals surface area (Å²) in [6.07, 6.45) is 6.39. The van der Waals surface area contributed by atoms with Crippen LogP contribution in [0, 0.1) is 0 Å². The summed E-state index contributed by atoms with van der Waals surface area (Å²) >= 11 is 0. The first-order valence-corrected chi connectivity index (χ1v) is 9.86. The second kappa shape index (κ2) is 7.97. The highest BCUT2D eigenvalue weighted by Gasteiger charge is 2.13. The molecule has 2 aromatic carbocycles. The van der Waals surface area contributed by atoms with Crippen LogP contribution in [0.2, 0.25) is 0 Å². The molecule has 0 atom stereocenters. The lowest BCUT2D eigenvalue weighted by Gasteiger charge is -2.09. The molecule has 0 aliphatic carbocycles. The van der Waals surface area contributed by atoms with Crippen molar-refractivity contribution >= 4 is 27.9 Å². The Morgan fingerprint density at radius 3 is 2.46 bits per heavy atom. The Balaban J connectivity index is 1.78. The van der Waals surface area contributed by atoms with Gasteiger partial charge in [0.05, 0.1) is 10.6 Å². The van der Waals surface area contributed by atoms with Crippen molar-refractivity contribution in [3.8, 4) is 0 Å². The molecular formula is C21H20N2O2S. The number of nitrogens with one attached hydrogen (secondary N) is 1. The third-order valence-corrected chi connectivity index (χ3v) is 5.31. The molecule has 132 valence electrons. The molecule has 0 aliphatic rings. The summed E-state index contributed by atoms with van der Waals surface area (Å²) in [7, 11) is -3.61. The topological polar surface area (TPSA) is 59.1 Å². The summed E-state index contributed by atoms with van der Waals surface area (Å²) in [4.78, 5) is 4.48. The summed E-state index contributed by atoms with van der Waals surface area (Å²) in [5, 5.41) is 0. The van der Waals surface area contributed by atoms with Gasteiger partial charge in [0.25, 0.3) is 10.0 Å². The van der Waals surface area contributed by atoms with E-state index in [0.29, 0.717) is 5.69 Å². The highest BCUT2D eigenvalue weighted by Crippen LogP contribution is 2.19. The van der Waals surface area contributed by atoms with Gasteiger partial charge in [-0.1, -0.05) is 43.3 Å². The Morgan fingerprint density at radius 2 is 1.77 bits per heavy atom. The molecular weight excluding hydrogens is 344 g/mol. The first-order valence-electron chi connectivity index (χ1n) is 8.38. The highest BCUT2D eigenvalue weighted by atomic mass is 32.2. The van der Waals surface area contributed by atoms with Crippen molar-refractivity contribution in [2.24, 2.45) is 0 Å². The van der Waals surface area contributed by atoms with Crippen LogP contribution in [-0.2, 0) is 16.4 Å². The van der Waals surface area contributed by atoms with Crippen LogP contribution in [0.25, 0.3) is 12.2 Å². The molecule has 3 aromatic rings. The first kappa shape index (κ1) is 17.9. The van der Waals surface area contributed by atoms with Gasteiger partial charge in [0, 0.05) is 11.9 Å². The van der Waals surface area contributed by atoms with E-state index in [0.717, 1.165) is 23.2 Å². The number of pyridine rings is 1. The molecule has 3 rings (SSSR count). The SMILES string of the molecule is CCc1ccc(S(=O)(=O)Nc2cccc(/C=C/c3ccccn3)c2)cc1. The molecule has 4 nitrogen and oxygen atoms in total. The van der Waals surface area contributed by atoms with Gasteiger partial charge in [-0.2, -0.15) is 0 Å². The molecule has 0 fully saturated rings. The Bertz CT molecular complexity index is 996. The predicted molar refractivity (Wildman–Crippen MR) is 106 cm³/mol. The molecule has 1 N–H and O–H groups in total. The lowest BCUT2D eigenvalue weighted by molar-refractivity contribution is 0.601. The predicted octanol–water partition coefficient (Wildman–Crippen LogP) is 4.62. The number of hydrogen-bond acceptors (Lipinski definition) is 3. The van der Waals surface area contributed by atoms with Crippen LogP contribution < -0.4 is 4.72 Å². The maximum atomic E-state index is 12.6. The van der Waals surface area contributed by atoms with Gasteiger partial charge in [-0.15, -0.1) is 0 Å². The molecule has 0 saturated heterocycles. The standard InChI is InChI=1S/C21H20N2O2S/c1-2-17-10-13-21(14-11-17)26(24,25)23-20-8-5-6-18(16-20)9-12-19-7-3-4-15-22-19/h3-16,23H,2H2,1H3/b12-9+. The van der Waals surface area contributed by atoms with Crippen molar-refractivity contribution < 1.29 is 8.42 Å². The minimum Gasteiger partial charge on any atom is -0.280 e. The number of anilines is 1. The number of hydrogen-bond donors (Lipinski definition) is 1. The lowest BCUT2D eigenvalue weighted by atomic mass is 10.2. The van der Waals surface area contributed by atoms with Crippen molar-refractivity contribution in [3.63, 3.8) is 0 Å². The van der Waals surface area contributed by atoms with Crippen LogP contribution in [-0.4, -0.2) is 13.4 Å². The maximum absolute atomic E-state index is 12.6. The lowest BCUT2D eigenvalue weighted by Crippen LogP contribution is -2.12. The smallest absolute Gasteiger partial charge is 0.261 e. The van der Waals surface area contributed by atoms with E-state index in [2.05, 4.69) is 9.71 Å². The van der Waals surface area contributed by atoms with Crippen molar-refractivity contribution in [3.05, 3.63) is 89.7 Å². The van der Waals surface area contributed by atoms with Gasteiger partial charge in [0.15, 0.2) is 0 Å². The molecule has 0 bridgehead atoms. The fourth-order valence-corrected chi connectivity index (χ4v) is 3.53. The van der Waals surface area contributed by atoms with E-state index in [-0.39, 0.29) is 4.90 Å². The van der Waals surface area contributed by atoms with Crippen LogP contribution in [0.1, 0.15) is 23.7 Å². The fourth-order valence-electron chi connectivity index (χ4n) is 2.48. The van der Waals surface area contributed by atoms with Gasteiger partial charge in [-0.25, -0.2) is 8.42 Å². The second-order valence-corrected chi connectivity index (χ2v) is 7.50. The number of rotatable bonds is 6. The van der Waals surface area contributed by atoms with E-state index in [4.69, 9.17) is 0 Å². The Kier molecular flexibility index (Phi) is 5.49. The first-order chi connectivity index (χ1) is 12.6. The van der Waals surface area contributed by atoms with Crippen LogP contribution in [0.5, 0.6) is 0 Å². The fraction of sp³-hybridized carbons (Fsp3) is 0.0952. The van der Waals surface area contributed by atoms with E-state index in [1.165, 1.54) is 0 Å². The summed E-state index contributed by atoms with van der Waals surface area (Å²) in [6, 6.07) is 19.9. The minimum atomic E-state index is -3.61. The van der Waals surface area contributed by atoms with Gasteiger partial charge in [0.1, 0.15) is 0 Å². The Hall–Kier alpha value is -2.92. The molecule has 0 unspecified atom stereocenters. The van der Waals surface area contributed by atoms with Crippen molar-refractivity contribution in [2.45, 2.75) is 18.2 Å². The molecule has 1 aromatic heterocycles. The number of sulfonamides is 1. The molecule has 5 heteroatoms. The molecule has 0 spiro atoms. The summed E-state index contributed by atoms with van der Waals surface area (Å²) in [5.74, 6) is 0. The van der Waals surface area contributed by atoms with Crippen LogP contribution in [0.4, 0.5) is 5.69 Å². The molecule has 0 aliphatic heterocycles. The normalized spacial score (nSPS) is 11.6. The number of aromatic nitrogens is 1. The quantitative estimate of drug-likeness (QED) is 0.694. The average molecular weight is 364 g/mol. The largest absolute Gasteiger partial charge is 0.280 e. The van der Waals surface area contributed by atoms with E-state index in [1.54, 1.807) is 30.5 Å². The summed E-state index contributed by atoms with van der Waals surface area (Å²) < 4.78 is 27.7. The van der Waals surface area contributed by atoms with Gasteiger partial charge in [-0.3, -0.25) is 9.71 Å². The third-order valence-electron chi connectivity index (χ3n) is 3.92. The molecule has 0 amide bonds. The zero-order valence-corrected chi connectivity index (χ0v) is 15.3. The van der Waals surface area contributed by atoms with Crippen LogP contribution in [0.15, 0.2) is 77.8 Å². The zero-order chi connectivity index (χ0) is 18.4. The van der Waals surface area contributed by atoms with E-state index in [1.807, 2.05) is 61.5 Å². The van der Waals surface area contributed by atoms with Crippen LogP contribution >= 0.6 is 0 Å². The molecule has 26 heavy (non-hydrogen) atoms. The van der Waals surface area contributed by atoms with E-state index in [9.17, 15) is 8.42 Å².